The van der Waals surface area contributed by atoms with Crippen molar-refractivity contribution in [1.82, 2.24) is 4.98 Å². The van der Waals surface area contributed by atoms with Gasteiger partial charge >= 0.3 is 0 Å². The molecule has 3 aromatic rings. The Morgan fingerprint density at radius 2 is 2.00 bits per heavy atom. The van der Waals surface area contributed by atoms with E-state index in [0.29, 0.717) is 0 Å². The van der Waals surface area contributed by atoms with Gasteiger partial charge in [0.25, 0.3) is 0 Å². The topological polar surface area (TPSA) is 15.8 Å². The van der Waals surface area contributed by atoms with Crippen molar-refractivity contribution in [1.29, 1.82) is 0 Å². The van der Waals surface area contributed by atoms with Crippen LogP contribution in [-0.2, 0) is 0 Å². The molecule has 3 rings (SSSR count). The highest BCUT2D eigenvalue weighted by molar-refractivity contribution is 9.11. The Bertz CT molecular complexity index is 651. The third kappa shape index (κ3) is 1.70. The molecule has 0 aliphatic rings. The van der Waals surface area contributed by atoms with E-state index in [9.17, 15) is 0 Å². The number of H-pyrrole nitrogens is 1. The van der Waals surface area contributed by atoms with Crippen molar-refractivity contribution in [3.05, 3.63) is 45.7 Å². The van der Waals surface area contributed by atoms with Gasteiger partial charge in [0.1, 0.15) is 0 Å². The van der Waals surface area contributed by atoms with Gasteiger partial charge in [0.2, 0.25) is 0 Å². The van der Waals surface area contributed by atoms with E-state index in [1.165, 1.54) is 27.0 Å². The van der Waals surface area contributed by atoms with Crippen LogP contribution >= 0.6 is 27.3 Å². The summed E-state index contributed by atoms with van der Waals surface area (Å²) in [6.07, 6.45) is 0. The summed E-state index contributed by atoms with van der Waals surface area (Å²) in [6, 6.07) is 12.9. The average Bonchev–Trinajstić information content (AvgIpc) is 2.83. The molecule has 0 saturated heterocycles. The van der Waals surface area contributed by atoms with E-state index in [2.05, 4.69) is 64.2 Å². The van der Waals surface area contributed by atoms with Crippen molar-refractivity contribution < 1.29 is 0 Å². The molecule has 0 atom stereocenters. The van der Waals surface area contributed by atoms with Gasteiger partial charge in [-0.15, -0.1) is 11.3 Å². The van der Waals surface area contributed by atoms with Crippen molar-refractivity contribution in [3.8, 4) is 10.6 Å². The summed E-state index contributed by atoms with van der Waals surface area (Å²) in [4.78, 5) is 4.71. The van der Waals surface area contributed by atoms with Crippen LogP contribution in [0.3, 0.4) is 0 Å². The van der Waals surface area contributed by atoms with Crippen molar-refractivity contribution in [2.75, 3.05) is 0 Å². The van der Waals surface area contributed by atoms with E-state index in [4.69, 9.17) is 0 Å². The summed E-state index contributed by atoms with van der Waals surface area (Å²) in [7, 11) is 0. The Morgan fingerprint density at radius 1 is 1.12 bits per heavy atom. The molecule has 16 heavy (non-hydrogen) atoms. The lowest BCUT2D eigenvalue weighted by Gasteiger charge is -1.90. The quantitative estimate of drug-likeness (QED) is 0.652. The van der Waals surface area contributed by atoms with Crippen LogP contribution in [0.2, 0.25) is 0 Å². The smallest absolute Gasteiger partial charge is 0.0705 e. The maximum Gasteiger partial charge on any atom is 0.0705 e. The van der Waals surface area contributed by atoms with E-state index in [0.717, 1.165) is 3.79 Å². The molecule has 0 aliphatic heterocycles. The molecule has 0 radical (unpaired) electrons. The number of halogens is 1. The fourth-order valence-electron chi connectivity index (χ4n) is 1.84. The van der Waals surface area contributed by atoms with Gasteiger partial charge in [0.05, 0.1) is 14.4 Å². The Labute approximate surface area is 106 Å². The number of aromatic amines is 1. The van der Waals surface area contributed by atoms with Gasteiger partial charge in [-0.25, -0.2) is 0 Å². The highest BCUT2D eigenvalue weighted by Gasteiger charge is 2.05. The highest BCUT2D eigenvalue weighted by atomic mass is 79.9. The summed E-state index contributed by atoms with van der Waals surface area (Å²) >= 11 is 5.24. The first-order valence-electron chi connectivity index (χ1n) is 5.07. The Kier molecular flexibility index (Phi) is 2.37. The molecular weight excluding hydrogens is 282 g/mol. The Hall–Kier alpha value is -1.06. The lowest BCUT2D eigenvalue weighted by atomic mass is 10.2. The minimum Gasteiger partial charge on any atom is -0.354 e. The van der Waals surface area contributed by atoms with Crippen molar-refractivity contribution in [2.45, 2.75) is 6.92 Å². The lowest BCUT2D eigenvalue weighted by molar-refractivity contribution is 1.46. The molecule has 2 heterocycles. The summed E-state index contributed by atoms with van der Waals surface area (Å²) in [6.45, 7) is 2.12. The summed E-state index contributed by atoms with van der Waals surface area (Å²) < 4.78 is 1.16. The number of nitrogens with one attached hydrogen (secondary N) is 1. The minimum absolute atomic E-state index is 1.16. The molecule has 3 heteroatoms. The van der Waals surface area contributed by atoms with Crippen LogP contribution < -0.4 is 0 Å². The molecule has 1 aromatic carbocycles. The van der Waals surface area contributed by atoms with Gasteiger partial charge in [0.15, 0.2) is 0 Å². The molecule has 1 N–H and O–H groups in total. The molecule has 0 unspecified atom stereocenters. The molecule has 1 nitrogen and oxygen atoms in total. The van der Waals surface area contributed by atoms with Crippen LogP contribution in [0.25, 0.3) is 21.5 Å². The van der Waals surface area contributed by atoms with Crippen molar-refractivity contribution in [2.24, 2.45) is 0 Å². The van der Waals surface area contributed by atoms with E-state index in [1.54, 1.807) is 11.3 Å². The summed E-state index contributed by atoms with van der Waals surface area (Å²) in [5.74, 6) is 0. The predicted molar refractivity (Wildman–Crippen MR) is 74.0 cm³/mol. The third-order valence-corrected chi connectivity index (χ3v) is 4.27. The number of hydrogen-bond acceptors (Lipinski definition) is 1. The van der Waals surface area contributed by atoms with Crippen molar-refractivity contribution >= 4 is 38.2 Å². The van der Waals surface area contributed by atoms with Gasteiger partial charge in [-0.05, 0) is 53.2 Å². The zero-order valence-corrected chi connectivity index (χ0v) is 11.2. The number of aromatic nitrogens is 1. The van der Waals surface area contributed by atoms with Gasteiger partial charge in [-0.3, -0.25) is 0 Å². The van der Waals surface area contributed by atoms with E-state index in [-0.39, 0.29) is 0 Å². The second-order valence-electron chi connectivity index (χ2n) is 3.88. The van der Waals surface area contributed by atoms with Crippen LogP contribution in [0.5, 0.6) is 0 Å². The average molecular weight is 292 g/mol. The minimum atomic E-state index is 1.16. The first-order valence-corrected chi connectivity index (χ1v) is 6.68. The molecule has 0 amide bonds. The zero-order valence-electron chi connectivity index (χ0n) is 8.75. The molecule has 2 aromatic heterocycles. The second kappa shape index (κ2) is 3.75. The van der Waals surface area contributed by atoms with Gasteiger partial charge in [-0.2, -0.15) is 0 Å². The van der Waals surface area contributed by atoms with Crippen LogP contribution in [0.4, 0.5) is 0 Å². The Morgan fingerprint density at radius 3 is 2.75 bits per heavy atom. The maximum absolute atomic E-state index is 3.49. The largest absolute Gasteiger partial charge is 0.354 e. The van der Waals surface area contributed by atoms with Gasteiger partial charge in [-0.1, -0.05) is 11.6 Å². The highest BCUT2D eigenvalue weighted by Crippen LogP contribution is 2.32. The van der Waals surface area contributed by atoms with Crippen LogP contribution in [0.1, 0.15) is 5.56 Å². The van der Waals surface area contributed by atoms with E-state index < -0.39 is 0 Å². The van der Waals surface area contributed by atoms with Crippen molar-refractivity contribution in [3.63, 3.8) is 0 Å². The van der Waals surface area contributed by atoms with Gasteiger partial charge < -0.3 is 4.98 Å². The molecule has 0 bridgehead atoms. The van der Waals surface area contributed by atoms with Crippen LogP contribution in [0, 0.1) is 6.92 Å². The SMILES string of the molecule is Cc1ccc2[nH]c(-c3ccc(Br)s3)cc2c1. The first kappa shape index (κ1) is 10.1. The molecule has 0 fully saturated rings. The van der Waals surface area contributed by atoms with E-state index >= 15 is 0 Å². The molecule has 0 aliphatic carbocycles. The maximum atomic E-state index is 3.49. The number of benzene rings is 1. The second-order valence-corrected chi connectivity index (χ2v) is 6.34. The molecule has 80 valence electrons. The van der Waals surface area contributed by atoms with Crippen LogP contribution in [0.15, 0.2) is 40.2 Å². The molecule has 0 saturated carbocycles. The molecule has 0 spiro atoms. The fraction of sp³-hybridized carbons (Fsp3) is 0.0769. The number of thiophene rings is 1. The zero-order chi connectivity index (χ0) is 11.1. The van der Waals surface area contributed by atoms with Gasteiger partial charge in [0, 0.05) is 10.9 Å². The predicted octanol–water partition coefficient (Wildman–Crippen LogP) is 4.97. The number of rotatable bonds is 1. The first-order chi connectivity index (χ1) is 7.72. The standard InChI is InChI=1S/C13H10BrNS/c1-8-2-3-10-9(6-8)7-11(15-10)12-4-5-13(14)16-12/h2-7,15H,1H3. The third-order valence-electron chi connectivity index (χ3n) is 2.61. The van der Waals surface area contributed by atoms with Crippen LogP contribution in [-0.4, -0.2) is 4.98 Å². The fourth-order valence-corrected chi connectivity index (χ4v) is 3.20. The number of aryl methyl sites for hydroxylation is 1. The van der Waals surface area contributed by atoms with E-state index in [1.807, 2.05) is 0 Å². The lowest BCUT2D eigenvalue weighted by Crippen LogP contribution is -1.71. The number of fused-ring (bicyclic) bond motifs is 1. The Balaban J connectivity index is 2.18. The summed E-state index contributed by atoms with van der Waals surface area (Å²) in [5.41, 5.74) is 3.69. The molecular formula is C13H10BrNS. The number of hydrogen-bond donors (Lipinski definition) is 1. The summed E-state index contributed by atoms with van der Waals surface area (Å²) in [5, 5.41) is 1.28. The monoisotopic (exact) mass is 291 g/mol. The normalized spacial score (nSPS) is 11.1.